The average Bonchev–Trinajstić information content (AvgIpc) is 3.26. The summed E-state index contributed by atoms with van der Waals surface area (Å²) in [5.41, 5.74) is 1.24. The van der Waals surface area contributed by atoms with Crippen LogP contribution in [0.25, 0.3) is 11.0 Å². The summed E-state index contributed by atoms with van der Waals surface area (Å²) in [6, 6.07) is 14.5. The van der Waals surface area contributed by atoms with Crippen LogP contribution >= 0.6 is 0 Å². The van der Waals surface area contributed by atoms with E-state index in [1.54, 1.807) is 38.5 Å². The van der Waals surface area contributed by atoms with Crippen LogP contribution in [0.3, 0.4) is 0 Å². The molecule has 0 radical (unpaired) electrons. The van der Waals surface area contributed by atoms with Crippen LogP contribution in [0, 0.1) is 5.92 Å². The van der Waals surface area contributed by atoms with E-state index in [9.17, 15) is 9.59 Å². The first kappa shape index (κ1) is 20.8. The number of carbonyl (C=O) groups excluding carboxylic acids is 2. The Morgan fingerprint density at radius 3 is 2.48 bits per heavy atom. The molecule has 3 aromatic rings. The summed E-state index contributed by atoms with van der Waals surface area (Å²) in [6.07, 6.45) is 1.66. The largest absolute Gasteiger partial charge is 0.493 e. The number of methoxy groups -OCH3 is 2. The first-order chi connectivity index (χ1) is 15.1. The number of nitrogens with one attached hydrogen (secondary N) is 1. The van der Waals surface area contributed by atoms with Crippen LogP contribution in [-0.4, -0.2) is 50.6 Å². The number of amides is 2. The topological polar surface area (TPSA) is 81.0 Å². The number of para-hydroxylation sites is 1. The third kappa shape index (κ3) is 4.50. The van der Waals surface area contributed by atoms with Gasteiger partial charge in [0.05, 0.1) is 14.2 Å². The van der Waals surface area contributed by atoms with Crippen LogP contribution in [0.2, 0.25) is 0 Å². The average molecular weight is 422 g/mol. The minimum absolute atomic E-state index is 0.0796. The zero-order chi connectivity index (χ0) is 21.8. The molecule has 162 valence electrons. The van der Waals surface area contributed by atoms with E-state index >= 15 is 0 Å². The Kier molecular flexibility index (Phi) is 6.11. The fourth-order valence-corrected chi connectivity index (χ4v) is 3.90. The summed E-state index contributed by atoms with van der Waals surface area (Å²) in [6.45, 7) is 1.86. The van der Waals surface area contributed by atoms with Gasteiger partial charge in [0.1, 0.15) is 5.58 Å². The van der Waals surface area contributed by atoms with Crippen LogP contribution in [0.1, 0.15) is 33.8 Å². The Morgan fingerprint density at radius 2 is 1.77 bits per heavy atom. The lowest BCUT2D eigenvalue weighted by atomic mass is 9.96. The molecule has 7 heteroatoms. The number of likely N-dealkylation sites (tertiary alicyclic amines) is 1. The van der Waals surface area contributed by atoms with E-state index in [4.69, 9.17) is 13.9 Å². The molecular formula is C24H26N2O5. The van der Waals surface area contributed by atoms with E-state index in [1.807, 2.05) is 29.2 Å². The minimum Gasteiger partial charge on any atom is -0.493 e. The van der Waals surface area contributed by atoms with Gasteiger partial charge < -0.3 is 24.1 Å². The maximum absolute atomic E-state index is 12.8. The fourth-order valence-electron chi connectivity index (χ4n) is 3.90. The van der Waals surface area contributed by atoms with Gasteiger partial charge in [-0.1, -0.05) is 18.2 Å². The quantitative estimate of drug-likeness (QED) is 0.655. The van der Waals surface area contributed by atoms with Gasteiger partial charge in [-0.25, -0.2) is 0 Å². The number of rotatable bonds is 6. The van der Waals surface area contributed by atoms with Crippen molar-refractivity contribution < 1.29 is 23.5 Å². The van der Waals surface area contributed by atoms with E-state index in [-0.39, 0.29) is 11.8 Å². The minimum atomic E-state index is -0.151. The smallest absolute Gasteiger partial charge is 0.289 e. The Bertz CT molecular complexity index is 1050. The van der Waals surface area contributed by atoms with Crippen molar-refractivity contribution in [3.8, 4) is 11.5 Å². The molecular weight excluding hydrogens is 396 g/mol. The van der Waals surface area contributed by atoms with E-state index in [1.165, 1.54) is 0 Å². The van der Waals surface area contributed by atoms with Crippen LogP contribution in [0.5, 0.6) is 11.5 Å². The van der Waals surface area contributed by atoms with Crippen molar-refractivity contribution in [3.05, 3.63) is 59.9 Å². The fraction of sp³-hybridized carbons (Fsp3) is 0.333. The number of hydrogen-bond donors (Lipinski definition) is 1. The summed E-state index contributed by atoms with van der Waals surface area (Å²) in [7, 11) is 3.10. The van der Waals surface area contributed by atoms with Crippen molar-refractivity contribution in [2.24, 2.45) is 5.92 Å². The molecule has 2 heterocycles. The second kappa shape index (κ2) is 9.12. The van der Waals surface area contributed by atoms with Gasteiger partial charge in [-0.2, -0.15) is 0 Å². The van der Waals surface area contributed by atoms with Crippen molar-refractivity contribution in [1.29, 1.82) is 0 Å². The molecule has 1 N–H and O–H groups in total. The molecule has 0 saturated carbocycles. The van der Waals surface area contributed by atoms with Gasteiger partial charge in [0, 0.05) is 30.6 Å². The highest BCUT2D eigenvalue weighted by molar-refractivity contribution is 5.96. The van der Waals surface area contributed by atoms with Gasteiger partial charge in [0.15, 0.2) is 17.3 Å². The van der Waals surface area contributed by atoms with E-state index in [2.05, 4.69) is 5.32 Å². The maximum Gasteiger partial charge on any atom is 0.289 e. The summed E-state index contributed by atoms with van der Waals surface area (Å²) in [5.74, 6) is 1.57. The molecule has 4 rings (SSSR count). The zero-order valence-electron chi connectivity index (χ0n) is 17.7. The molecule has 1 fully saturated rings. The van der Waals surface area contributed by atoms with Gasteiger partial charge in [-0.3, -0.25) is 9.59 Å². The molecule has 1 aromatic heterocycles. The number of benzene rings is 2. The summed E-state index contributed by atoms with van der Waals surface area (Å²) in [4.78, 5) is 27.1. The van der Waals surface area contributed by atoms with Crippen LogP contribution in [0.15, 0.2) is 52.9 Å². The van der Waals surface area contributed by atoms with E-state index < -0.39 is 0 Å². The lowest BCUT2D eigenvalue weighted by molar-refractivity contribution is 0.0655. The number of furan rings is 1. The van der Waals surface area contributed by atoms with E-state index in [0.29, 0.717) is 48.4 Å². The summed E-state index contributed by atoms with van der Waals surface area (Å²) >= 11 is 0. The lowest BCUT2D eigenvalue weighted by Gasteiger charge is -2.31. The summed E-state index contributed by atoms with van der Waals surface area (Å²) < 4.78 is 16.2. The third-order valence-corrected chi connectivity index (χ3v) is 5.74. The third-order valence-electron chi connectivity index (χ3n) is 5.74. The monoisotopic (exact) mass is 422 g/mol. The van der Waals surface area contributed by atoms with Gasteiger partial charge in [-0.15, -0.1) is 0 Å². The second-order valence-electron chi connectivity index (χ2n) is 7.66. The first-order valence-corrected chi connectivity index (χ1v) is 10.4. The highest BCUT2D eigenvalue weighted by atomic mass is 16.5. The molecule has 0 unspecified atom stereocenters. The molecule has 2 amide bonds. The molecule has 0 spiro atoms. The first-order valence-electron chi connectivity index (χ1n) is 10.4. The SMILES string of the molecule is COc1ccc(C(=O)NCC2CCN(C(=O)c3cc4ccccc4o3)CC2)cc1OC. The Balaban J connectivity index is 1.29. The standard InChI is InChI=1S/C24H26N2O5/c1-29-20-8-7-18(14-21(20)30-2)23(27)25-15-16-9-11-26(12-10-16)24(28)22-13-17-5-3-4-6-19(17)31-22/h3-8,13-14,16H,9-12,15H2,1-2H3,(H,25,27). The van der Waals surface area contributed by atoms with Crippen LogP contribution in [0.4, 0.5) is 0 Å². The maximum atomic E-state index is 12.8. The molecule has 1 aliphatic heterocycles. The highest BCUT2D eigenvalue weighted by Gasteiger charge is 2.26. The van der Waals surface area contributed by atoms with Crippen molar-refractivity contribution in [3.63, 3.8) is 0 Å². The number of hydrogen-bond acceptors (Lipinski definition) is 5. The molecule has 1 aliphatic rings. The van der Waals surface area contributed by atoms with E-state index in [0.717, 1.165) is 23.8 Å². The molecule has 2 aromatic carbocycles. The molecule has 1 saturated heterocycles. The molecule has 0 aliphatic carbocycles. The van der Waals surface area contributed by atoms with Crippen LogP contribution in [-0.2, 0) is 0 Å². The Hall–Kier alpha value is -3.48. The normalized spacial score (nSPS) is 14.5. The summed E-state index contributed by atoms with van der Waals surface area (Å²) in [5, 5.41) is 3.92. The predicted molar refractivity (Wildman–Crippen MR) is 117 cm³/mol. The highest BCUT2D eigenvalue weighted by Crippen LogP contribution is 2.28. The van der Waals surface area contributed by atoms with Crippen molar-refractivity contribution in [2.75, 3.05) is 33.9 Å². The number of piperidine rings is 1. The van der Waals surface area contributed by atoms with Gasteiger partial charge >= 0.3 is 0 Å². The number of nitrogens with zero attached hydrogens (tertiary/aromatic N) is 1. The van der Waals surface area contributed by atoms with Gasteiger partial charge in [0.2, 0.25) is 0 Å². The number of fused-ring (bicyclic) bond motifs is 1. The van der Waals surface area contributed by atoms with Crippen LogP contribution < -0.4 is 14.8 Å². The molecule has 0 bridgehead atoms. The number of ether oxygens (including phenoxy) is 2. The van der Waals surface area contributed by atoms with Crippen molar-refractivity contribution in [1.82, 2.24) is 10.2 Å². The zero-order valence-corrected chi connectivity index (χ0v) is 17.7. The molecule has 0 atom stereocenters. The lowest BCUT2D eigenvalue weighted by Crippen LogP contribution is -2.41. The van der Waals surface area contributed by atoms with Gasteiger partial charge in [-0.05, 0) is 49.1 Å². The number of carbonyl (C=O) groups is 2. The Labute approximate surface area is 180 Å². The Morgan fingerprint density at radius 1 is 1.03 bits per heavy atom. The molecule has 7 nitrogen and oxygen atoms in total. The van der Waals surface area contributed by atoms with Crippen molar-refractivity contribution >= 4 is 22.8 Å². The van der Waals surface area contributed by atoms with Crippen molar-refractivity contribution in [2.45, 2.75) is 12.8 Å². The predicted octanol–water partition coefficient (Wildman–Crippen LogP) is 3.73. The molecule has 31 heavy (non-hydrogen) atoms. The second-order valence-corrected chi connectivity index (χ2v) is 7.66. The van der Waals surface area contributed by atoms with Gasteiger partial charge in [0.25, 0.3) is 11.8 Å².